The third kappa shape index (κ3) is 4.49. The van der Waals surface area contributed by atoms with Gasteiger partial charge in [0.25, 0.3) is 0 Å². The van der Waals surface area contributed by atoms with E-state index in [0.29, 0.717) is 6.54 Å². The van der Waals surface area contributed by atoms with Crippen LogP contribution in [0.15, 0.2) is 23.9 Å². The standard InChI is InChI=1S/C12H20N2O2/c1-9(2)14-12(15)8-13-10-5-4-6-11(7-10)16-3/h4-5,7,9,11,13H,6,8H2,1-3H3,(H,14,15). The van der Waals surface area contributed by atoms with E-state index in [2.05, 4.69) is 10.6 Å². The van der Waals surface area contributed by atoms with Crippen molar-refractivity contribution in [2.45, 2.75) is 32.4 Å². The third-order valence-corrected chi connectivity index (χ3v) is 2.24. The molecule has 1 aliphatic carbocycles. The summed E-state index contributed by atoms with van der Waals surface area (Å²) in [6.45, 7) is 4.18. The molecule has 0 aromatic rings. The van der Waals surface area contributed by atoms with Crippen LogP contribution in [0, 0.1) is 0 Å². The van der Waals surface area contributed by atoms with Gasteiger partial charge in [-0.2, -0.15) is 0 Å². The molecule has 0 spiro atoms. The predicted molar refractivity (Wildman–Crippen MR) is 63.9 cm³/mol. The van der Waals surface area contributed by atoms with Crippen LogP contribution in [0.4, 0.5) is 0 Å². The third-order valence-electron chi connectivity index (χ3n) is 2.24. The zero-order valence-corrected chi connectivity index (χ0v) is 10.1. The van der Waals surface area contributed by atoms with Crippen LogP contribution in [0.5, 0.6) is 0 Å². The predicted octanol–water partition coefficient (Wildman–Crippen LogP) is 0.959. The molecule has 1 unspecified atom stereocenters. The van der Waals surface area contributed by atoms with E-state index in [4.69, 9.17) is 4.74 Å². The van der Waals surface area contributed by atoms with Gasteiger partial charge in [-0.1, -0.05) is 6.08 Å². The largest absolute Gasteiger partial charge is 0.377 e. The van der Waals surface area contributed by atoms with E-state index in [1.807, 2.05) is 32.1 Å². The quantitative estimate of drug-likeness (QED) is 0.731. The topological polar surface area (TPSA) is 50.4 Å². The zero-order chi connectivity index (χ0) is 12.0. The van der Waals surface area contributed by atoms with Crippen molar-refractivity contribution < 1.29 is 9.53 Å². The minimum Gasteiger partial charge on any atom is -0.377 e. The van der Waals surface area contributed by atoms with E-state index in [1.54, 1.807) is 7.11 Å². The summed E-state index contributed by atoms with van der Waals surface area (Å²) in [6, 6.07) is 0.178. The molecule has 0 heterocycles. The molecule has 0 aromatic carbocycles. The fourth-order valence-corrected chi connectivity index (χ4v) is 1.49. The van der Waals surface area contributed by atoms with Gasteiger partial charge in [-0.05, 0) is 32.4 Å². The maximum atomic E-state index is 11.4. The Hall–Kier alpha value is -1.29. The normalized spacial score (nSPS) is 19.5. The Morgan fingerprint density at radius 2 is 2.38 bits per heavy atom. The van der Waals surface area contributed by atoms with Crippen LogP contribution in [0.3, 0.4) is 0 Å². The van der Waals surface area contributed by atoms with Crippen LogP contribution < -0.4 is 10.6 Å². The molecule has 4 nitrogen and oxygen atoms in total. The highest BCUT2D eigenvalue weighted by Crippen LogP contribution is 2.10. The number of methoxy groups -OCH3 is 1. The summed E-state index contributed by atoms with van der Waals surface area (Å²) in [6.07, 6.45) is 7.00. The number of nitrogens with one attached hydrogen (secondary N) is 2. The molecular formula is C12H20N2O2. The van der Waals surface area contributed by atoms with Gasteiger partial charge in [0, 0.05) is 18.8 Å². The zero-order valence-electron chi connectivity index (χ0n) is 10.1. The van der Waals surface area contributed by atoms with Gasteiger partial charge in [0.15, 0.2) is 0 Å². The average Bonchev–Trinajstić information content (AvgIpc) is 2.26. The molecule has 0 aliphatic heterocycles. The van der Waals surface area contributed by atoms with E-state index in [-0.39, 0.29) is 18.1 Å². The van der Waals surface area contributed by atoms with Crippen molar-refractivity contribution in [3.63, 3.8) is 0 Å². The van der Waals surface area contributed by atoms with Crippen LogP contribution in [0.25, 0.3) is 0 Å². The highest BCUT2D eigenvalue weighted by molar-refractivity contribution is 5.78. The monoisotopic (exact) mass is 224 g/mol. The van der Waals surface area contributed by atoms with Crippen LogP contribution in [-0.2, 0) is 9.53 Å². The number of hydrogen-bond acceptors (Lipinski definition) is 3. The second kappa shape index (κ2) is 6.33. The number of carbonyl (C=O) groups is 1. The molecule has 0 fully saturated rings. The molecule has 0 radical (unpaired) electrons. The summed E-state index contributed by atoms with van der Waals surface area (Å²) in [7, 11) is 1.68. The van der Waals surface area contributed by atoms with Gasteiger partial charge in [0.05, 0.1) is 12.6 Å². The summed E-state index contributed by atoms with van der Waals surface area (Å²) in [4.78, 5) is 11.4. The van der Waals surface area contributed by atoms with Gasteiger partial charge in [0.2, 0.25) is 5.91 Å². The number of rotatable bonds is 5. The first-order valence-electron chi connectivity index (χ1n) is 5.56. The number of ether oxygens (including phenoxy) is 1. The fourth-order valence-electron chi connectivity index (χ4n) is 1.49. The van der Waals surface area contributed by atoms with Crippen molar-refractivity contribution in [3.05, 3.63) is 23.9 Å². The molecule has 1 amide bonds. The summed E-state index contributed by atoms with van der Waals surface area (Å²) < 4.78 is 5.22. The molecule has 0 saturated carbocycles. The number of hydrogen-bond donors (Lipinski definition) is 2. The lowest BCUT2D eigenvalue weighted by molar-refractivity contribution is -0.120. The molecule has 0 saturated heterocycles. The Balaban J connectivity index is 2.34. The highest BCUT2D eigenvalue weighted by atomic mass is 16.5. The maximum Gasteiger partial charge on any atom is 0.239 e. The van der Waals surface area contributed by atoms with Gasteiger partial charge in [-0.15, -0.1) is 0 Å². The van der Waals surface area contributed by atoms with Gasteiger partial charge < -0.3 is 15.4 Å². The average molecular weight is 224 g/mol. The summed E-state index contributed by atoms with van der Waals surface area (Å²) in [5.41, 5.74) is 0.942. The molecule has 4 heteroatoms. The van der Waals surface area contributed by atoms with Gasteiger partial charge in [-0.3, -0.25) is 4.79 Å². The first-order valence-corrected chi connectivity index (χ1v) is 5.56. The van der Waals surface area contributed by atoms with E-state index >= 15 is 0 Å². The first kappa shape index (κ1) is 12.8. The Kier molecular flexibility index (Phi) is 5.05. The Morgan fingerprint density at radius 1 is 1.62 bits per heavy atom. The minimum atomic E-state index is 0.00356. The van der Waals surface area contributed by atoms with Crippen molar-refractivity contribution >= 4 is 5.91 Å². The lowest BCUT2D eigenvalue weighted by atomic mass is 10.1. The second-order valence-corrected chi connectivity index (χ2v) is 4.11. The van der Waals surface area contributed by atoms with Gasteiger partial charge in [0.1, 0.15) is 0 Å². The van der Waals surface area contributed by atoms with Gasteiger partial charge in [-0.25, -0.2) is 0 Å². The lowest BCUT2D eigenvalue weighted by Crippen LogP contribution is -2.37. The molecule has 1 atom stereocenters. The molecule has 90 valence electrons. The van der Waals surface area contributed by atoms with Crippen LogP contribution in [0.1, 0.15) is 20.3 Å². The molecule has 16 heavy (non-hydrogen) atoms. The molecule has 1 aliphatic rings. The summed E-state index contributed by atoms with van der Waals surface area (Å²) in [5, 5.41) is 5.90. The number of amides is 1. The van der Waals surface area contributed by atoms with E-state index < -0.39 is 0 Å². The van der Waals surface area contributed by atoms with Crippen molar-refractivity contribution in [2.24, 2.45) is 0 Å². The molecule has 1 rings (SSSR count). The molecule has 0 bridgehead atoms. The first-order chi connectivity index (χ1) is 7.61. The summed E-state index contributed by atoms with van der Waals surface area (Å²) >= 11 is 0. The van der Waals surface area contributed by atoms with Crippen molar-refractivity contribution in [1.29, 1.82) is 0 Å². The number of carbonyl (C=O) groups excluding carboxylic acids is 1. The molecule has 2 N–H and O–H groups in total. The van der Waals surface area contributed by atoms with Crippen LogP contribution >= 0.6 is 0 Å². The van der Waals surface area contributed by atoms with Crippen LogP contribution in [-0.4, -0.2) is 31.7 Å². The Labute approximate surface area is 96.7 Å². The highest BCUT2D eigenvalue weighted by Gasteiger charge is 2.09. The van der Waals surface area contributed by atoms with E-state index in [9.17, 15) is 4.79 Å². The van der Waals surface area contributed by atoms with Gasteiger partial charge >= 0.3 is 0 Å². The van der Waals surface area contributed by atoms with Crippen LogP contribution in [0.2, 0.25) is 0 Å². The smallest absolute Gasteiger partial charge is 0.239 e. The molecular weight excluding hydrogens is 204 g/mol. The van der Waals surface area contributed by atoms with Crippen molar-refractivity contribution in [3.8, 4) is 0 Å². The maximum absolute atomic E-state index is 11.4. The minimum absolute atomic E-state index is 0.00356. The SMILES string of the molecule is COC1C=C(NCC(=O)NC(C)C)C=CC1. The van der Waals surface area contributed by atoms with E-state index in [0.717, 1.165) is 12.1 Å². The number of allylic oxidation sites excluding steroid dienone is 1. The fraction of sp³-hybridized carbons (Fsp3) is 0.583. The van der Waals surface area contributed by atoms with Crippen molar-refractivity contribution in [2.75, 3.05) is 13.7 Å². The van der Waals surface area contributed by atoms with E-state index in [1.165, 1.54) is 0 Å². The Bertz CT molecular complexity index is 295. The molecule has 0 aromatic heterocycles. The second-order valence-electron chi connectivity index (χ2n) is 4.11. The van der Waals surface area contributed by atoms with Crippen molar-refractivity contribution in [1.82, 2.24) is 10.6 Å². The lowest BCUT2D eigenvalue weighted by Gasteiger charge is -2.16. The Morgan fingerprint density at radius 3 is 3.00 bits per heavy atom. The summed E-state index contributed by atoms with van der Waals surface area (Å²) in [5.74, 6) is 0.00356.